The highest BCUT2D eigenvalue weighted by Crippen LogP contribution is 2.62. The molecule has 0 amide bonds. The maximum Gasteiger partial charge on any atom is 0.385 e. The molecule has 28 heavy (non-hydrogen) atoms. The van der Waals surface area contributed by atoms with Gasteiger partial charge in [0, 0.05) is 12.4 Å². The lowest BCUT2D eigenvalue weighted by Gasteiger charge is -2.40. The van der Waals surface area contributed by atoms with Crippen LogP contribution in [0.25, 0.3) is 0 Å². The molecule has 0 aliphatic carbocycles. The fourth-order valence-corrected chi connectivity index (χ4v) is 1.99. The summed E-state index contributed by atoms with van der Waals surface area (Å²) in [5, 5.41) is 7.62. The van der Waals surface area contributed by atoms with Crippen molar-refractivity contribution in [1.29, 1.82) is 0 Å². The van der Waals surface area contributed by atoms with E-state index in [9.17, 15) is 52.7 Å². The van der Waals surface area contributed by atoms with Gasteiger partial charge < -0.3 is 0 Å². The summed E-state index contributed by atoms with van der Waals surface area (Å²) in [6, 6.07) is -0.0566. The Kier molecular flexibility index (Phi) is 4.72. The largest absolute Gasteiger partial charge is 0.385 e. The van der Waals surface area contributed by atoms with Crippen LogP contribution in [0, 0.1) is 0 Å². The second-order valence-electron chi connectivity index (χ2n) is 5.39. The van der Waals surface area contributed by atoms with Crippen LogP contribution in [0.4, 0.5) is 52.7 Å². The molecule has 2 rings (SSSR count). The highest BCUT2D eigenvalue weighted by Gasteiger charge is 2.90. The van der Waals surface area contributed by atoms with E-state index in [0.29, 0.717) is 12.4 Å². The first-order valence-corrected chi connectivity index (χ1v) is 6.73. The van der Waals surface area contributed by atoms with Gasteiger partial charge in [-0.1, -0.05) is 0 Å². The first-order chi connectivity index (χ1) is 12.5. The van der Waals surface area contributed by atoms with E-state index < -0.39 is 46.9 Å². The highest BCUT2D eigenvalue weighted by atomic mass is 19.4. The van der Waals surface area contributed by atoms with E-state index in [1.165, 1.54) is 0 Å². The normalized spacial score (nSPS) is 15.1. The standard InChI is InChI=1S/C12H6F12N4/c13-7(14,5-1-3-25-27-5)9(17,18)11(21,22)12(23,24)10(19,20)8(15,16)6-2-4-26-28-6/h1-4H,(H,25,27)(H,26,28). The van der Waals surface area contributed by atoms with Crippen LogP contribution in [0.3, 0.4) is 0 Å². The van der Waals surface area contributed by atoms with Crippen molar-refractivity contribution in [3.8, 4) is 0 Å². The first kappa shape index (κ1) is 21.9. The summed E-state index contributed by atoms with van der Waals surface area (Å²) in [4.78, 5) is 0. The SMILES string of the molecule is FC(F)(c1ccn[nH]1)C(F)(F)C(F)(F)C(F)(F)C(F)(F)C(F)(F)c1ccn[nH]1. The summed E-state index contributed by atoms with van der Waals surface area (Å²) >= 11 is 0. The summed E-state index contributed by atoms with van der Waals surface area (Å²) in [5.74, 6) is -42.2. The molecule has 158 valence electrons. The monoisotopic (exact) mass is 434 g/mol. The summed E-state index contributed by atoms with van der Waals surface area (Å²) in [6.45, 7) is 0. The fraction of sp³-hybridized carbons (Fsp3) is 0.500. The topological polar surface area (TPSA) is 57.4 Å². The summed E-state index contributed by atoms with van der Waals surface area (Å²) in [6.07, 6.45) is 0.688. The van der Waals surface area contributed by atoms with Crippen molar-refractivity contribution in [2.24, 2.45) is 0 Å². The van der Waals surface area contributed by atoms with Crippen molar-refractivity contribution in [1.82, 2.24) is 20.4 Å². The number of halogens is 12. The highest BCUT2D eigenvalue weighted by molar-refractivity contribution is 5.21. The molecule has 16 heteroatoms. The molecule has 0 aromatic carbocycles. The van der Waals surface area contributed by atoms with Crippen molar-refractivity contribution in [2.45, 2.75) is 35.5 Å². The molecule has 2 aromatic rings. The van der Waals surface area contributed by atoms with Gasteiger partial charge in [0.15, 0.2) is 0 Å². The van der Waals surface area contributed by atoms with E-state index in [0.717, 1.165) is 10.2 Å². The molecule has 0 aliphatic rings. The summed E-state index contributed by atoms with van der Waals surface area (Å²) in [7, 11) is 0. The Hall–Kier alpha value is -2.42. The quantitative estimate of drug-likeness (QED) is 0.628. The second-order valence-corrected chi connectivity index (χ2v) is 5.39. The van der Waals surface area contributed by atoms with Crippen molar-refractivity contribution >= 4 is 0 Å². The first-order valence-electron chi connectivity index (χ1n) is 6.73. The minimum absolute atomic E-state index is 0.0283. The predicted octanol–water partition coefficient (Wildman–Crippen LogP) is 4.56. The Morgan fingerprint density at radius 3 is 1.00 bits per heavy atom. The summed E-state index contributed by atoms with van der Waals surface area (Å²) < 4.78 is 164. The molecule has 0 atom stereocenters. The third kappa shape index (κ3) is 2.56. The van der Waals surface area contributed by atoms with Crippen LogP contribution in [-0.4, -0.2) is 44.1 Å². The predicted molar refractivity (Wildman–Crippen MR) is 64.8 cm³/mol. The van der Waals surface area contributed by atoms with Crippen LogP contribution in [0.15, 0.2) is 24.5 Å². The molecule has 0 aliphatic heterocycles. The number of aromatic amines is 2. The molecular weight excluding hydrogens is 428 g/mol. The number of hydrogen-bond acceptors (Lipinski definition) is 2. The number of rotatable bonds is 7. The average Bonchev–Trinajstić information content (AvgIpc) is 3.27. The second kappa shape index (κ2) is 6.04. The Morgan fingerprint density at radius 2 is 0.786 bits per heavy atom. The van der Waals surface area contributed by atoms with E-state index in [2.05, 4.69) is 10.2 Å². The van der Waals surface area contributed by atoms with Crippen molar-refractivity contribution in [2.75, 3.05) is 0 Å². The van der Waals surface area contributed by atoms with Crippen LogP contribution in [-0.2, 0) is 11.8 Å². The molecule has 0 unspecified atom stereocenters. The lowest BCUT2D eigenvalue weighted by molar-refractivity contribution is -0.430. The maximum absolute atomic E-state index is 13.7. The Labute approximate surface area is 145 Å². The number of H-pyrrole nitrogens is 2. The minimum Gasteiger partial charge on any atom is -0.276 e. The summed E-state index contributed by atoms with van der Waals surface area (Å²) in [5.41, 5.74) is -4.28. The number of aromatic nitrogens is 4. The van der Waals surface area contributed by atoms with Gasteiger partial charge in [-0.25, -0.2) is 0 Å². The van der Waals surface area contributed by atoms with Gasteiger partial charge in [0.05, 0.1) is 0 Å². The number of hydrogen-bond donors (Lipinski definition) is 2. The van der Waals surface area contributed by atoms with E-state index in [1.54, 1.807) is 0 Å². The van der Waals surface area contributed by atoms with Crippen LogP contribution in [0.2, 0.25) is 0 Å². The molecule has 0 bridgehead atoms. The van der Waals surface area contributed by atoms with Crippen LogP contribution >= 0.6 is 0 Å². The molecule has 0 saturated heterocycles. The molecule has 0 radical (unpaired) electrons. The van der Waals surface area contributed by atoms with Crippen LogP contribution in [0.1, 0.15) is 11.4 Å². The van der Waals surface area contributed by atoms with Gasteiger partial charge in [-0.05, 0) is 12.1 Å². The molecule has 2 aromatic heterocycles. The molecule has 0 saturated carbocycles. The smallest absolute Gasteiger partial charge is 0.276 e. The van der Waals surface area contributed by atoms with Gasteiger partial charge in [0.1, 0.15) is 11.4 Å². The van der Waals surface area contributed by atoms with E-state index in [1.807, 2.05) is 0 Å². The zero-order chi connectivity index (χ0) is 21.8. The fourth-order valence-electron chi connectivity index (χ4n) is 1.99. The molecule has 0 fully saturated rings. The lowest BCUT2D eigenvalue weighted by atomic mass is 9.89. The molecule has 4 nitrogen and oxygen atoms in total. The Balaban J connectivity index is 2.58. The zero-order valence-electron chi connectivity index (χ0n) is 12.7. The molecular formula is C12H6F12N4. The number of nitrogens with one attached hydrogen (secondary N) is 2. The maximum atomic E-state index is 13.7. The third-order valence-electron chi connectivity index (χ3n) is 3.65. The minimum atomic E-state index is -7.65. The number of nitrogens with zero attached hydrogens (tertiary/aromatic N) is 2. The molecule has 0 spiro atoms. The van der Waals surface area contributed by atoms with Crippen molar-refractivity contribution in [3.05, 3.63) is 35.9 Å². The average molecular weight is 434 g/mol. The van der Waals surface area contributed by atoms with Gasteiger partial charge in [-0.3, -0.25) is 10.2 Å². The van der Waals surface area contributed by atoms with Gasteiger partial charge in [0.25, 0.3) is 0 Å². The molecule has 2 N–H and O–H groups in total. The third-order valence-corrected chi connectivity index (χ3v) is 3.65. The van der Waals surface area contributed by atoms with Gasteiger partial charge in [-0.15, -0.1) is 0 Å². The van der Waals surface area contributed by atoms with Crippen LogP contribution in [0.5, 0.6) is 0 Å². The number of alkyl halides is 12. The van der Waals surface area contributed by atoms with Crippen molar-refractivity contribution < 1.29 is 52.7 Å². The molecule has 2 heterocycles. The van der Waals surface area contributed by atoms with E-state index in [-0.39, 0.29) is 12.1 Å². The van der Waals surface area contributed by atoms with Gasteiger partial charge >= 0.3 is 35.5 Å². The Bertz CT molecular complexity index is 728. The zero-order valence-corrected chi connectivity index (χ0v) is 12.7. The van der Waals surface area contributed by atoms with E-state index in [4.69, 9.17) is 0 Å². The van der Waals surface area contributed by atoms with Gasteiger partial charge in [0.2, 0.25) is 0 Å². The lowest BCUT2D eigenvalue weighted by Crippen LogP contribution is -2.69. The van der Waals surface area contributed by atoms with Gasteiger partial charge in [-0.2, -0.15) is 62.9 Å². The Morgan fingerprint density at radius 1 is 0.500 bits per heavy atom. The van der Waals surface area contributed by atoms with Crippen molar-refractivity contribution in [3.63, 3.8) is 0 Å². The van der Waals surface area contributed by atoms with Crippen LogP contribution < -0.4 is 0 Å². The van der Waals surface area contributed by atoms with E-state index >= 15 is 0 Å².